The van der Waals surface area contributed by atoms with E-state index in [0.29, 0.717) is 11.4 Å². The fourth-order valence-corrected chi connectivity index (χ4v) is 2.40. The molecule has 90 valence electrons. The Morgan fingerprint density at radius 2 is 2.18 bits per heavy atom. The second-order valence-electron chi connectivity index (χ2n) is 3.95. The Morgan fingerprint density at radius 1 is 1.41 bits per heavy atom. The van der Waals surface area contributed by atoms with Crippen LogP contribution in [0.15, 0.2) is 39.4 Å². The van der Waals surface area contributed by atoms with Gasteiger partial charge < -0.3 is 9.52 Å². The average Bonchev–Trinajstić information content (AvgIpc) is 2.69. The van der Waals surface area contributed by atoms with Gasteiger partial charge in [-0.3, -0.25) is 0 Å². The van der Waals surface area contributed by atoms with Gasteiger partial charge in [0.25, 0.3) is 0 Å². The van der Waals surface area contributed by atoms with Crippen molar-refractivity contribution in [2.24, 2.45) is 0 Å². The van der Waals surface area contributed by atoms with Crippen molar-refractivity contribution in [2.45, 2.75) is 19.4 Å². The SMILES string of the molecule is Cc1cc(C(O)Cc2ccc(Br)cc2Cl)co1. The van der Waals surface area contributed by atoms with E-state index in [1.54, 1.807) is 6.26 Å². The molecule has 4 heteroatoms. The Hall–Kier alpha value is -0.770. The summed E-state index contributed by atoms with van der Waals surface area (Å²) in [6, 6.07) is 7.47. The number of hydrogen-bond acceptors (Lipinski definition) is 2. The van der Waals surface area contributed by atoms with Crippen LogP contribution < -0.4 is 0 Å². The third kappa shape index (κ3) is 3.12. The number of rotatable bonds is 3. The topological polar surface area (TPSA) is 33.4 Å². The summed E-state index contributed by atoms with van der Waals surface area (Å²) >= 11 is 9.45. The quantitative estimate of drug-likeness (QED) is 0.917. The van der Waals surface area contributed by atoms with Crippen LogP contribution in [0.25, 0.3) is 0 Å². The molecule has 0 aliphatic rings. The van der Waals surface area contributed by atoms with Crippen LogP contribution in [0, 0.1) is 6.92 Å². The first kappa shape index (κ1) is 12.7. The van der Waals surface area contributed by atoms with E-state index in [1.807, 2.05) is 31.2 Å². The average molecular weight is 316 g/mol. The Labute approximate surface area is 113 Å². The van der Waals surface area contributed by atoms with Gasteiger partial charge in [0.1, 0.15) is 5.76 Å². The molecule has 0 radical (unpaired) electrons. The van der Waals surface area contributed by atoms with Gasteiger partial charge in [-0.25, -0.2) is 0 Å². The maximum atomic E-state index is 10.1. The summed E-state index contributed by atoms with van der Waals surface area (Å²) in [7, 11) is 0. The van der Waals surface area contributed by atoms with Crippen LogP contribution in [0.1, 0.15) is 23.0 Å². The minimum absolute atomic E-state index is 0.477. The number of furan rings is 1. The highest BCUT2D eigenvalue weighted by Gasteiger charge is 2.13. The lowest BCUT2D eigenvalue weighted by Gasteiger charge is -2.10. The number of hydrogen-bond donors (Lipinski definition) is 1. The summed E-state index contributed by atoms with van der Waals surface area (Å²) < 4.78 is 6.10. The molecule has 0 bridgehead atoms. The minimum Gasteiger partial charge on any atom is -0.469 e. The van der Waals surface area contributed by atoms with Gasteiger partial charge in [-0.05, 0) is 30.7 Å². The van der Waals surface area contributed by atoms with Crippen LogP contribution in [-0.4, -0.2) is 5.11 Å². The normalized spacial score (nSPS) is 12.7. The summed E-state index contributed by atoms with van der Waals surface area (Å²) in [5, 5.41) is 10.7. The second-order valence-corrected chi connectivity index (χ2v) is 5.27. The van der Waals surface area contributed by atoms with Gasteiger partial charge >= 0.3 is 0 Å². The van der Waals surface area contributed by atoms with Gasteiger partial charge in [0.15, 0.2) is 0 Å². The summed E-state index contributed by atoms with van der Waals surface area (Å²) in [5.41, 5.74) is 1.70. The molecule has 0 aliphatic heterocycles. The van der Waals surface area contributed by atoms with Crippen LogP contribution in [0.3, 0.4) is 0 Å². The highest BCUT2D eigenvalue weighted by atomic mass is 79.9. The summed E-state index contributed by atoms with van der Waals surface area (Å²) in [6.45, 7) is 1.85. The summed E-state index contributed by atoms with van der Waals surface area (Å²) in [5.74, 6) is 0.793. The molecule has 0 saturated carbocycles. The van der Waals surface area contributed by atoms with Gasteiger partial charge in [-0.15, -0.1) is 0 Å². The van der Waals surface area contributed by atoms with Crippen molar-refractivity contribution >= 4 is 27.5 Å². The Bertz CT molecular complexity index is 522. The first-order valence-electron chi connectivity index (χ1n) is 5.23. The van der Waals surface area contributed by atoms with E-state index >= 15 is 0 Å². The molecule has 1 aromatic heterocycles. The summed E-state index contributed by atoms with van der Waals surface area (Å²) in [4.78, 5) is 0. The van der Waals surface area contributed by atoms with Crippen LogP contribution in [-0.2, 0) is 6.42 Å². The third-order valence-corrected chi connectivity index (χ3v) is 3.41. The van der Waals surface area contributed by atoms with Crippen molar-refractivity contribution in [2.75, 3.05) is 0 Å². The molecule has 2 aromatic rings. The Balaban J connectivity index is 2.15. The number of aliphatic hydroxyl groups excluding tert-OH is 1. The predicted molar refractivity (Wildman–Crippen MR) is 71.3 cm³/mol. The van der Waals surface area contributed by atoms with Crippen molar-refractivity contribution in [3.63, 3.8) is 0 Å². The van der Waals surface area contributed by atoms with Crippen LogP contribution in [0.2, 0.25) is 5.02 Å². The summed E-state index contributed by atoms with van der Waals surface area (Å²) in [6.07, 6.45) is 1.46. The molecule has 0 saturated heterocycles. The van der Waals surface area contributed by atoms with E-state index in [9.17, 15) is 5.11 Å². The third-order valence-electron chi connectivity index (χ3n) is 2.56. The fraction of sp³-hybridized carbons (Fsp3) is 0.231. The zero-order valence-corrected chi connectivity index (χ0v) is 11.6. The fourth-order valence-electron chi connectivity index (χ4n) is 1.65. The maximum Gasteiger partial charge on any atom is 0.101 e. The number of halogens is 2. The lowest BCUT2D eigenvalue weighted by Crippen LogP contribution is -2.01. The van der Waals surface area contributed by atoms with E-state index in [1.165, 1.54) is 0 Å². The first-order valence-corrected chi connectivity index (χ1v) is 6.40. The van der Waals surface area contributed by atoms with E-state index in [-0.39, 0.29) is 0 Å². The smallest absolute Gasteiger partial charge is 0.101 e. The van der Waals surface area contributed by atoms with Crippen LogP contribution in [0.4, 0.5) is 0 Å². The van der Waals surface area contributed by atoms with E-state index in [4.69, 9.17) is 16.0 Å². The molecule has 2 rings (SSSR count). The van der Waals surface area contributed by atoms with Crippen LogP contribution >= 0.6 is 27.5 Å². The van der Waals surface area contributed by atoms with E-state index < -0.39 is 6.10 Å². The van der Waals surface area contributed by atoms with Crippen molar-refractivity contribution < 1.29 is 9.52 Å². The largest absolute Gasteiger partial charge is 0.469 e. The first-order chi connectivity index (χ1) is 8.06. The molecule has 0 aliphatic carbocycles. The minimum atomic E-state index is -0.592. The van der Waals surface area contributed by atoms with Gasteiger partial charge in [0, 0.05) is 21.5 Å². The highest BCUT2D eigenvalue weighted by molar-refractivity contribution is 9.10. The second kappa shape index (κ2) is 5.25. The van der Waals surface area contributed by atoms with Crippen molar-refractivity contribution in [1.29, 1.82) is 0 Å². The predicted octanol–water partition coefficient (Wildman–Crippen LogP) is 4.28. The van der Waals surface area contributed by atoms with Crippen molar-refractivity contribution in [1.82, 2.24) is 0 Å². The molecule has 1 aromatic carbocycles. The number of aliphatic hydroxyl groups is 1. The van der Waals surface area contributed by atoms with E-state index in [0.717, 1.165) is 21.4 Å². The molecule has 0 spiro atoms. The Kier molecular flexibility index (Phi) is 3.92. The molecule has 1 unspecified atom stereocenters. The molecule has 1 heterocycles. The van der Waals surface area contributed by atoms with Gasteiger partial charge in [0.05, 0.1) is 12.4 Å². The maximum absolute atomic E-state index is 10.1. The van der Waals surface area contributed by atoms with Gasteiger partial charge in [0.2, 0.25) is 0 Å². The van der Waals surface area contributed by atoms with Gasteiger partial charge in [-0.1, -0.05) is 33.6 Å². The monoisotopic (exact) mass is 314 g/mol. The number of benzene rings is 1. The highest BCUT2D eigenvalue weighted by Crippen LogP contribution is 2.27. The van der Waals surface area contributed by atoms with Gasteiger partial charge in [-0.2, -0.15) is 0 Å². The van der Waals surface area contributed by atoms with Crippen LogP contribution in [0.5, 0.6) is 0 Å². The molecular weight excluding hydrogens is 303 g/mol. The molecule has 0 fully saturated rings. The zero-order chi connectivity index (χ0) is 12.4. The molecule has 17 heavy (non-hydrogen) atoms. The lowest BCUT2D eigenvalue weighted by molar-refractivity contribution is 0.177. The lowest BCUT2D eigenvalue weighted by atomic mass is 10.0. The zero-order valence-electron chi connectivity index (χ0n) is 9.28. The molecule has 0 amide bonds. The van der Waals surface area contributed by atoms with Crippen molar-refractivity contribution in [3.05, 3.63) is 56.9 Å². The Morgan fingerprint density at radius 3 is 2.76 bits per heavy atom. The molecule has 1 N–H and O–H groups in total. The van der Waals surface area contributed by atoms with Crippen molar-refractivity contribution in [3.8, 4) is 0 Å². The molecular formula is C13H12BrClO2. The number of aryl methyl sites for hydroxylation is 1. The molecule has 1 atom stereocenters. The molecule has 2 nitrogen and oxygen atoms in total. The van der Waals surface area contributed by atoms with E-state index in [2.05, 4.69) is 15.9 Å². The standard InChI is InChI=1S/C13H12BrClO2/c1-8-4-10(7-17-8)13(16)5-9-2-3-11(14)6-12(9)15/h2-4,6-7,13,16H,5H2,1H3.